The van der Waals surface area contributed by atoms with E-state index in [1.165, 1.54) is 16.2 Å². The van der Waals surface area contributed by atoms with Gasteiger partial charge in [-0.05, 0) is 23.9 Å². The van der Waals surface area contributed by atoms with Crippen LogP contribution in [0.4, 0.5) is 0 Å². The summed E-state index contributed by atoms with van der Waals surface area (Å²) in [5.74, 6) is 1.01. The van der Waals surface area contributed by atoms with Gasteiger partial charge in [0, 0.05) is 5.75 Å². The van der Waals surface area contributed by atoms with Crippen LogP contribution in [0.5, 0.6) is 0 Å². The van der Waals surface area contributed by atoms with Gasteiger partial charge in [-0.3, -0.25) is 0 Å². The predicted octanol–water partition coefficient (Wildman–Crippen LogP) is 2.18. The molecule has 2 nitrogen and oxygen atoms in total. The van der Waals surface area contributed by atoms with E-state index in [-0.39, 0.29) is 5.38 Å². The molecule has 1 aromatic heterocycles. The molecule has 0 radical (unpaired) electrons. The number of hydrogen-bond acceptors (Lipinski definition) is 1. The SMILES string of the molecule is C[n+]1c2n(c3ccccc31)C[C@H](Cl)CS2. The minimum Gasteiger partial charge on any atom is -0.220 e. The van der Waals surface area contributed by atoms with E-state index in [0.717, 1.165) is 12.3 Å². The number of fused-ring (bicyclic) bond motifs is 3. The highest BCUT2D eigenvalue weighted by molar-refractivity contribution is 7.99. The van der Waals surface area contributed by atoms with E-state index in [2.05, 4.69) is 40.4 Å². The molecule has 1 atom stereocenters. The summed E-state index contributed by atoms with van der Waals surface area (Å²) in [6.45, 7) is 0.922. The first-order valence-corrected chi connectivity index (χ1v) is 6.43. The summed E-state index contributed by atoms with van der Waals surface area (Å²) in [5, 5.41) is 1.56. The maximum absolute atomic E-state index is 6.20. The van der Waals surface area contributed by atoms with Crippen LogP contribution in [0.25, 0.3) is 11.0 Å². The molecule has 0 saturated carbocycles. The molecule has 1 aliphatic rings. The molecule has 0 N–H and O–H groups in total. The average Bonchev–Trinajstić information content (AvgIpc) is 2.54. The molecule has 0 unspecified atom stereocenters. The molecule has 0 amide bonds. The van der Waals surface area contributed by atoms with Crippen LogP contribution in [-0.2, 0) is 13.6 Å². The second-order valence-corrected chi connectivity index (χ2v) is 5.45. The van der Waals surface area contributed by atoms with Gasteiger partial charge in [0.25, 0.3) is 0 Å². The highest BCUT2D eigenvalue weighted by Gasteiger charge is 2.29. The Morgan fingerprint density at radius 2 is 2.27 bits per heavy atom. The first-order chi connectivity index (χ1) is 7.27. The zero-order chi connectivity index (χ0) is 10.4. The summed E-state index contributed by atoms with van der Waals surface area (Å²) in [5.41, 5.74) is 2.57. The van der Waals surface area contributed by atoms with Crippen molar-refractivity contribution in [2.24, 2.45) is 7.05 Å². The molecule has 3 rings (SSSR count). The maximum Gasteiger partial charge on any atom is 0.318 e. The van der Waals surface area contributed by atoms with Gasteiger partial charge >= 0.3 is 5.16 Å². The van der Waals surface area contributed by atoms with Crippen LogP contribution in [0, 0.1) is 0 Å². The van der Waals surface area contributed by atoms with Crippen LogP contribution in [0.2, 0.25) is 0 Å². The molecule has 2 heterocycles. The van der Waals surface area contributed by atoms with Gasteiger partial charge in [0.05, 0.1) is 12.4 Å². The quantitative estimate of drug-likeness (QED) is 0.506. The molecule has 1 aromatic carbocycles. The number of alkyl halides is 1. The van der Waals surface area contributed by atoms with E-state index in [4.69, 9.17) is 11.6 Å². The monoisotopic (exact) mass is 239 g/mol. The number of thioether (sulfide) groups is 1. The van der Waals surface area contributed by atoms with Gasteiger partial charge in [0.1, 0.15) is 6.54 Å². The Morgan fingerprint density at radius 1 is 1.47 bits per heavy atom. The van der Waals surface area contributed by atoms with Crippen LogP contribution in [0.3, 0.4) is 0 Å². The summed E-state index contributed by atoms with van der Waals surface area (Å²) in [6, 6.07) is 8.48. The summed E-state index contributed by atoms with van der Waals surface area (Å²) in [6.07, 6.45) is 0. The molecule has 4 heteroatoms. The molecule has 0 aliphatic carbocycles. The van der Waals surface area contributed by atoms with Crippen molar-refractivity contribution in [1.82, 2.24) is 4.57 Å². The number of hydrogen-bond donors (Lipinski definition) is 0. The Kier molecular flexibility index (Phi) is 2.18. The molecule has 2 aromatic rings. The minimum atomic E-state index is 0.248. The van der Waals surface area contributed by atoms with Crippen LogP contribution in [0.15, 0.2) is 29.4 Å². The molecule has 0 saturated heterocycles. The normalized spacial score (nSPS) is 20.5. The van der Waals surface area contributed by atoms with Crippen molar-refractivity contribution in [3.63, 3.8) is 0 Å². The minimum absolute atomic E-state index is 0.248. The third kappa shape index (κ3) is 1.37. The molecule has 78 valence electrons. The van der Waals surface area contributed by atoms with E-state index >= 15 is 0 Å². The zero-order valence-corrected chi connectivity index (χ0v) is 10.1. The summed E-state index contributed by atoms with van der Waals surface area (Å²) in [4.78, 5) is 0. The lowest BCUT2D eigenvalue weighted by molar-refractivity contribution is -0.685. The fourth-order valence-corrected chi connectivity index (χ4v) is 3.51. The van der Waals surface area contributed by atoms with Gasteiger partial charge in [-0.15, -0.1) is 11.6 Å². The number of nitrogens with zero attached hydrogens (tertiary/aromatic N) is 2. The first-order valence-electron chi connectivity index (χ1n) is 5.01. The Bertz CT molecular complexity index is 521. The number of aryl methyl sites for hydroxylation is 1. The summed E-state index contributed by atoms with van der Waals surface area (Å²) < 4.78 is 4.57. The Morgan fingerprint density at radius 3 is 3.13 bits per heavy atom. The fraction of sp³-hybridized carbons (Fsp3) is 0.364. The van der Waals surface area contributed by atoms with Gasteiger partial charge < -0.3 is 0 Å². The molecular formula is C11H12ClN2S+. The lowest BCUT2D eigenvalue weighted by atomic mass is 10.3. The third-order valence-corrected chi connectivity index (χ3v) is 4.62. The number of para-hydroxylation sites is 2. The summed E-state index contributed by atoms with van der Waals surface area (Å²) in [7, 11) is 2.12. The van der Waals surface area contributed by atoms with Crippen LogP contribution < -0.4 is 4.57 Å². The lowest BCUT2D eigenvalue weighted by Crippen LogP contribution is -2.33. The van der Waals surface area contributed by atoms with Gasteiger partial charge in [-0.25, -0.2) is 9.13 Å². The van der Waals surface area contributed by atoms with Crippen molar-refractivity contribution in [2.45, 2.75) is 17.1 Å². The number of halogens is 1. The highest BCUT2D eigenvalue weighted by atomic mass is 35.5. The number of imidazole rings is 1. The van der Waals surface area contributed by atoms with Crippen molar-refractivity contribution < 1.29 is 4.57 Å². The molecule has 0 bridgehead atoms. The van der Waals surface area contributed by atoms with E-state index in [0.29, 0.717) is 0 Å². The predicted molar refractivity (Wildman–Crippen MR) is 63.5 cm³/mol. The number of aromatic nitrogens is 2. The molecule has 0 fully saturated rings. The lowest BCUT2D eigenvalue weighted by Gasteiger charge is -2.13. The van der Waals surface area contributed by atoms with Crippen LogP contribution in [-0.4, -0.2) is 15.7 Å². The van der Waals surface area contributed by atoms with Crippen molar-refractivity contribution >= 4 is 34.4 Å². The highest BCUT2D eigenvalue weighted by Crippen LogP contribution is 2.29. The van der Waals surface area contributed by atoms with Gasteiger partial charge in [-0.1, -0.05) is 12.1 Å². The average molecular weight is 240 g/mol. The van der Waals surface area contributed by atoms with Gasteiger partial charge in [0.15, 0.2) is 11.0 Å². The zero-order valence-electron chi connectivity index (χ0n) is 8.48. The Hall–Kier alpha value is -0.670. The smallest absolute Gasteiger partial charge is 0.220 e. The number of benzene rings is 1. The van der Waals surface area contributed by atoms with E-state index < -0.39 is 0 Å². The van der Waals surface area contributed by atoms with Crippen molar-refractivity contribution in [2.75, 3.05) is 5.75 Å². The topological polar surface area (TPSA) is 8.81 Å². The second-order valence-electron chi connectivity index (χ2n) is 3.85. The molecule has 15 heavy (non-hydrogen) atoms. The van der Waals surface area contributed by atoms with Crippen molar-refractivity contribution in [3.8, 4) is 0 Å². The Balaban J connectivity index is 2.33. The van der Waals surface area contributed by atoms with E-state index in [9.17, 15) is 0 Å². The van der Waals surface area contributed by atoms with Crippen LogP contribution in [0.1, 0.15) is 0 Å². The largest absolute Gasteiger partial charge is 0.318 e. The van der Waals surface area contributed by atoms with E-state index in [1.807, 2.05) is 11.8 Å². The Labute approximate surface area is 97.8 Å². The fourth-order valence-electron chi connectivity index (χ4n) is 2.13. The standard InChI is InChI=1S/C11H12ClN2S/c1-13-9-4-2-3-5-10(9)14-6-8(12)7-15-11(13)14/h2-5,8H,6-7H2,1H3/q+1/t8-/m0/s1. The third-order valence-electron chi connectivity index (χ3n) is 2.83. The first kappa shape index (κ1) is 9.55. The molecular weight excluding hydrogens is 228 g/mol. The summed E-state index contributed by atoms with van der Waals surface area (Å²) >= 11 is 8.05. The van der Waals surface area contributed by atoms with Gasteiger partial charge in [0.2, 0.25) is 0 Å². The number of rotatable bonds is 0. The second kappa shape index (κ2) is 3.42. The molecule has 0 spiro atoms. The van der Waals surface area contributed by atoms with Crippen LogP contribution >= 0.6 is 23.4 Å². The van der Waals surface area contributed by atoms with E-state index in [1.54, 1.807) is 0 Å². The molecule has 1 aliphatic heterocycles. The van der Waals surface area contributed by atoms with Gasteiger partial charge in [-0.2, -0.15) is 0 Å². The van der Waals surface area contributed by atoms with Crippen molar-refractivity contribution in [1.29, 1.82) is 0 Å². The van der Waals surface area contributed by atoms with Crippen molar-refractivity contribution in [3.05, 3.63) is 24.3 Å². The maximum atomic E-state index is 6.20.